The number of halogens is 1. The molecule has 3 heteroatoms. The average molecular weight is 204 g/mol. The fourth-order valence-corrected chi connectivity index (χ4v) is 2.11. The minimum Gasteiger partial charge on any atom is -0.352 e. The summed E-state index contributed by atoms with van der Waals surface area (Å²) >= 11 is 5.44. The van der Waals surface area contributed by atoms with Gasteiger partial charge in [-0.3, -0.25) is 4.79 Å². The number of alkyl halides is 1. The maximum atomic E-state index is 11.1. The average Bonchev–Trinajstić information content (AvgIpc) is 2.13. The SMILES string of the molecule is CC1CCCC(NC(=O)CCl)C1C. The van der Waals surface area contributed by atoms with E-state index in [0.29, 0.717) is 12.0 Å². The molecule has 1 aliphatic rings. The van der Waals surface area contributed by atoms with Gasteiger partial charge in [0.15, 0.2) is 0 Å². The maximum absolute atomic E-state index is 11.1. The normalized spacial score (nSPS) is 34.2. The van der Waals surface area contributed by atoms with E-state index in [1.54, 1.807) is 0 Å². The molecule has 1 saturated carbocycles. The predicted molar refractivity (Wildman–Crippen MR) is 54.8 cm³/mol. The van der Waals surface area contributed by atoms with E-state index in [1.165, 1.54) is 12.8 Å². The molecule has 0 aromatic heterocycles. The lowest BCUT2D eigenvalue weighted by Crippen LogP contribution is -2.44. The van der Waals surface area contributed by atoms with Gasteiger partial charge in [0, 0.05) is 6.04 Å². The van der Waals surface area contributed by atoms with Gasteiger partial charge in [0.1, 0.15) is 5.88 Å². The fraction of sp³-hybridized carbons (Fsp3) is 0.900. The molecule has 3 unspecified atom stereocenters. The van der Waals surface area contributed by atoms with Gasteiger partial charge < -0.3 is 5.32 Å². The van der Waals surface area contributed by atoms with Crippen LogP contribution in [0, 0.1) is 11.8 Å². The molecule has 0 saturated heterocycles. The van der Waals surface area contributed by atoms with Gasteiger partial charge in [-0.1, -0.05) is 26.7 Å². The van der Waals surface area contributed by atoms with Crippen molar-refractivity contribution in [3.05, 3.63) is 0 Å². The highest BCUT2D eigenvalue weighted by molar-refractivity contribution is 6.27. The third-order valence-corrected chi connectivity index (χ3v) is 3.42. The van der Waals surface area contributed by atoms with Crippen LogP contribution in [0.25, 0.3) is 0 Å². The Hall–Kier alpha value is -0.240. The number of hydrogen-bond acceptors (Lipinski definition) is 1. The summed E-state index contributed by atoms with van der Waals surface area (Å²) in [5, 5.41) is 2.98. The zero-order chi connectivity index (χ0) is 9.84. The van der Waals surface area contributed by atoms with Crippen LogP contribution in [-0.4, -0.2) is 17.8 Å². The minimum atomic E-state index is -0.0346. The molecule has 13 heavy (non-hydrogen) atoms. The molecule has 0 bridgehead atoms. The van der Waals surface area contributed by atoms with Crippen molar-refractivity contribution in [2.24, 2.45) is 11.8 Å². The molecule has 1 aliphatic carbocycles. The molecular weight excluding hydrogens is 186 g/mol. The zero-order valence-corrected chi connectivity index (χ0v) is 9.10. The molecule has 2 nitrogen and oxygen atoms in total. The van der Waals surface area contributed by atoms with Crippen LogP contribution in [-0.2, 0) is 4.79 Å². The van der Waals surface area contributed by atoms with Crippen LogP contribution >= 0.6 is 11.6 Å². The second-order valence-electron chi connectivity index (χ2n) is 4.07. The van der Waals surface area contributed by atoms with Crippen LogP contribution in [0.3, 0.4) is 0 Å². The summed E-state index contributed by atoms with van der Waals surface area (Å²) in [6.07, 6.45) is 3.61. The molecule has 0 aromatic carbocycles. The largest absolute Gasteiger partial charge is 0.352 e. The highest BCUT2D eigenvalue weighted by Gasteiger charge is 2.27. The number of amides is 1. The molecule has 1 amide bonds. The summed E-state index contributed by atoms with van der Waals surface area (Å²) < 4.78 is 0. The van der Waals surface area contributed by atoms with Crippen molar-refractivity contribution in [3.8, 4) is 0 Å². The number of hydrogen-bond donors (Lipinski definition) is 1. The van der Waals surface area contributed by atoms with Gasteiger partial charge in [0.2, 0.25) is 5.91 Å². The molecule has 3 atom stereocenters. The lowest BCUT2D eigenvalue weighted by atomic mass is 9.78. The second-order valence-corrected chi connectivity index (χ2v) is 4.34. The molecular formula is C10H18ClNO. The van der Waals surface area contributed by atoms with Crippen LogP contribution < -0.4 is 5.32 Å². The third-order valence-electron chi connectivity index (χ3n) is 3.17. The van der Waals surface area contributed by atoms with Crippen molar-refractivity contribution in [2.45, 2.75) is 39.2 Å². The summed E-state index contributed by atoms with van der Waals surface area (Å²) in [6, 6.07) is 0.343. The number of carbonyl (C=O) groups is 1. The minimum absolute atomic E-state index is 0.0346. The Balaban J connectivity index is 2.43. The monoisotopic (exact) mass is 203 g/mol. The highest BCUT2D eigenvalue weighted by Crippen LogP contribution is 2.29. The maximum Gasteiger partial charge on any atom is 0.235 e. The molecule has 0 aromatic rings. The zero-order valence-electron chi connectivity index (χ0n) is 8.35. The van der Waals surface area contributed by atoms with Crippen molar-refractivity contribution < 1.29 is 4.79 Å². The lowest BCUT2D eigenvalue weighted by molar-refractivity contribution is -0.120. The van der Waals surface area contributed by atoms with E-state index in [1.807, 2.05) is 0 Å². The summed E-state index contributed by atoms with van der Waals surface area (Å²) in [7, 11) is 0. The first-order valence-electron chi connectivity index (χ1n) is 5.00. The van der Waals surface area contributed by atoms with Crippen molar-refractivity contribution in [3.63, 3.8) is 0 Å². The van der Waals surface area contributed by atoms with Gasteiger partial charge in [-0.2, -0.15) is 0 Å². The van der Waals surface area contributed by atoms with E-state index >= 15 is 0 Å². The molecule has 76 valence electrons. The Bertz CT molecular complexity index is 184. The first kappa shape index (κ1) is 10.8. The molecule has 0 radical (unpaired) electrons. The summed E-state index contributed by atoms with van der Waals surface area (Å²) in [6.45, 7) is 4.46. The Morgan fingerprint density at radius 2 is 2.15 bits per heavy atom. The van der Waals surface area contributed by atoms with Crippen molar-refractivity contribution in [1.29, 1.82) is 0 Å². The summed E-state index contributed by atoms with van der Waals surface area (Å²) in [5.41, 5.74) is 0. The van der Waals surface area contributed by atoms with Crippen molar-refractivity contribution in [1.82, 2.24) is 5.32 Å². The van der Waals surface area contributed by atoms with Gasteiger partial charge in [0.05, 0.1) is 0 Å². The lowest BCUT2D eigenvalue weighted by Gasteiger charge is -2.34. The molecule has 1 fully saturated rings. The number of carbonyl (C=O) groups excluding carboxylic acids is 1. The van der Waals surface area contributed by atoms with Crippen LogP contribution in [0.1, 0.15) is 33.1 Å². The Kier molecular flexibility index (Phi) is 4.04. The van der Waals surface area contributed by atoms with Crippen LogP contribution in [0.15, 0.2) is 0 Å². The van der Waals surface area contributed by atoms with Crippen LogP contribution in [0.2, 0.25) is 0 Å². The number of nitrogens with one attached hydrogen (secondary N) is 1. The molecule has 0 heterocycles. The molecule has 0 spiro atoms. The fourth-order valence-electron chi connectivity index (χ4n) is 2.03. The van der Waals surface area contributed by atoms with E-state index in [-0.39, 0.29) is 11.8 Å². The molecule has 0 aliphatic heterocycles. The van der Waals surface area contributed by atoms with Gasteiger partial charge in [-0.25, -0.2) is 0 Å². The molecule has 1 N–H and O–H groups in total. The van der Waals surface area contributed by atoms with Crippen molar-refractivity contribution >= 4 is 17.5 Å². The molecule has 1 rings (SSSR count). The van der Waals surface area contributed by atoms with Gasteiger partial charge >= 0.3 is 0 Å². The third kappa shape index (κ3) is 2.87. The Morgan fingerprint density at radius 1 is 1.46 bits per heavy atom. The van der Waals surface area contributed by atoms with E-state index in [0.717, 1.165) is 12.3 Å². The predicted octanol–water partition coefficient (Wildman–Crippen LogP) is 2.17. The van der Waals surface area contributed by atoms with E-state index in [2.05, 4.69) is 19.2 Å². The van der Waals surface area contributed by atoms with E-state index in [4.69, 9.17) is 11.6 Å². The summed E-state index contributed by atoms with van der Waals surface area (Å²) in [4.78, 5) is 11.1. The quantitative estimate of drug-likeness (QED) is 0.685. The van der Waals surface area contributed by atoms with Gasteiger partial charge in [-0.05, 0) is 18.3 Å². The smallest absolute Gasteiger partial charge is 0.235 e. The first-order chi connectivity index (χ1) is 6.15. The van der Waals surface area contributed by atoms with Crippen LogP contribution in [0.5, 0.6) is 0 Å². The van der Waals surface area contributed by atoms with Gasteiger partial charge in [-0.15, -0.1) is 11.6 Å². The van der Waals surface area contributed by atoms with E-state index in [9.17, 15) is 4.79 Å². The number of rotatable bonds is 2. The highest BCUT2D eigenvalue weighted by atomic mass is 35.5. The topological polar surface area (TPSA) is 29.1 Å². The van der Waals surface area contributed by atoms with Crippen molar-refractivity contribution in [2.75, 3.05) is 5.88 Å². The summed E-state index contributed by atoms with van der Waals surface area (Å²) in [5.74, 6) is 1.35. The standard InChI is InChI=1S/C10H18ClNO/c1-7-4-3-5-9(8(7)2)12-10(13)6-11/h7-9H,3-6H2,1-2H3,(H,12,13). The van der Waals surface area contributed by atoms with Crippen LogP contribution in [0.4, 0.5) is 0 Å². The Labute approximate surface area is 85.0 Å². The Morgan fingerprint density at radius 3 is 2.77 bits per heavy atom. The van der Waals surface area contributed by atoms with E-state index < -0.39 is 0 Å². The second kappa shape index (κ2) is 4.85. The first-order valence-corrected chi connectivity index (χ1v) is 5.54. The van der Waals surface area contributed by atoms with Gasteiger partial charge in [0.25, 0.3) is 0 Å².